The Morgan fingerprint density at radius 3 is 2.95 bits per heavy atom. The molecule has 0 aromatic carbocycles. The molecule has 20 heavy (non-hydrogen) atoms. The lowest BCUT2D eigenvalue weighted by molar-refractivity contribution is -0.385. The molecule has 0 aliphatic carbocycles. The summed E-state index contributed by atoms with van der Waals surface area (Å²) in [6.45, 7) is 1.33. The highest BCUT2D eigenvalue weighted by Gasteiger charge is 2.27. The van der Waals surface area contributed by atoms with Gasteiger partial charge in [0.05, 0.1) is 4.92 Å². The molecular weight excluding hydrogens is 266 g/mol. The monoisotopic (exact) mass is 281 g/mol. The average molecular weight is 281 g/mol. The maximum Gasteiger partial charge on any atom is 0.339 e. The highest BCUT2D eigenvalue weighted by atomic mass is 16.6. The number of hydrogen-bond donors (Lipinski definition) is 2. The molecule has 2 N–H and O–H groups in total. The van der Waals surface area contributed by atoms with Crippen LogP contribution < -0.4 is 4.90 Å². The Balaban J connectivity index is 2.28. The number of aliphatic hydroxyl groups is 1. The van der Waals surface area contributed by atoms with Crippen molar-refractivity contribution in [2.45, 2.75) is 12.8 Å². The highest BCUT2D eigenvalue weighted by Crippen LogP contribution is 2.28. The van der Waals surface area contributed by atoms with Gasteiger partial charge < -0.3 is 15.1 Å². The molecule has 1 saturated heterocycles. The molecule has 0 radical (unpaired) electrons. The van der Waals surface area contributed by atoms with Crippen LogP contribution in [0.15, 0.2) is 12.3 Å². The summed E-state index contributed by atoms with van der Waals surface area (Å²) in [6.07, 6.45) is 2.57. The van der Waals surface area contributed by atoms with Crippen LogP contribution in [0, 0.1) is 16.0 Å². The fourth-order valence-corrected chi connectivity index (χ4v) is 2.40. The van der Waals surface area contributed by atoms with Gasteiger partial charge in [0, 0.05) is 25.8 Å². The minimum Gasteiger partial charge on any atom is -0.478 e. The first-order valence-electron chi connectivity index (χ1n) is 6.26. The summed E-state index contributed by atoms with van der Waals surface area (Å²) < 4.78 is 0. The minimum atomic E-state index is -1.23. The van der Waals surface area contributed by atoms with E-state index in [4.69, 9.17) is 5.11 Å². The lowest BCUT2D eigenvalue weighted by atomic mass is 10.1. The molecule has 1 atom stereocenters. The molecule has 1 aliphatic heterocycles. The van der Waals surface area contributed by atoms with Gasteiger partial charge in [-0.2, -0.15) is 0 Å². The van der Waals surface area contributed by atoms with Gasteiger partial charge in [-0.1, -0.05) is 0 Å². The number of aromatic nitrogens is 1. The summed E-state index contributed by atoms with van der Waals surface area (Å²) in [5.41, 5.74) is -0.499. The van der Waals surface area contributed by atoms with Crippen LogP contribution in [0.3, 0.4) is 0 Å². The summed E-state index contributed by atoms with van der Waals surface area (Å²) in [6, 6.07) is 1.03. The number of pyridine rings is 1. The van der Waals surface area contributed by atoms with Gasteiger partial charge in [-0.05, 0) is 18.8 Å². The molecule has 2 rings (SSSR count). The zero-order chi connectivity index (χ0) is 14.7. The number of carbonyl (C=O) groups is 1. The van der Waals surface area contributed by atoms with Crippen LogP contribution in [0.25, 0.3) is 0 Å². The molecule has 1 aliphatic rings. The highest BCUT2D eigenvalue weighted by molar-refractivity contribution is 5.94. The Morgan fingerprint density at radius 1 is 1.60 bits per heavy atom. The van der Waals surface area contributed by atoms with Gasteiger partial charge in [-0.15, -0.1) is 0 Å². The van der Waals surface area contributed by atoms with E-state index in [1.807, 2.05) is 0 Å². The van der Waals surface area contributed by atoms with Crippen molar-refractivity contribution in [3.8, 4) is 0 Å². The van der Waals surface area contributed by atoms with Crippen molar-refractivity contribution >= 4 is 17.5 Å². The molecule has 1 fully saturated rings. The average Bonchev–Trinajstić information content (AvgIpc) is 2.86. The molecule has 8 heteroatoms. The number of hydrogen-bond acceptors (Lipinski definition) is 6. The predicted octanol–water partition coefficient (Wildman–Crippen LogP) is 0.897. The molecule has 8 nitrogen and oxygen atoms in total. The molecule has 1 aromatic rings. The quantitative estimate of drug-likeness (QED) is 0.608. The molecule has 1 aromatic heterocycles. The summed E-state index contributed by atoms with van der Waals surface area (Å²) in [5.74, 6) is -0.691. The van der Waals surface area contributed by atoms with Gasteiger partial charge in [0.15, 0.2) is 0 Å². The normalized spacial score (nSPS) is 18.2. The lowest BCUT2D eigenvalue weighted by Crippen LogP contribution is -2.23. The van der Waals surface area contributed by atoms with E-state index in [0.29, 0.717) is 25.4 Å². The molecular formula is C12H15N3O5. The molecule has 2 heterocycles. The Labute approximate surface area is 114 Å². The van der Waals surface area contributed by atoms with E-state index >= 15 is 0 Å². The maximum atomic E-state index is 11.2. The molecule has 1 unspecified atom stereocenters. The predicted molar refractivity (Wildman–Crippen MR) is 69.9 cm³/mol. The van der Waals surface area contributed by atoms with E-state index in [-0.39, 0.29) is 23.7 Å². The van der Waals surface area contributed by atoms with Crippen LogP contribution >= 0.6 is 0 Å². The number of aromatic carboxylic acids is 1. The van der Waals surface area contributed by atoms with Crippen molar-refractivity contribution in [3.05, 3.63) is 27.9 Å². The van der Waals surface area contributed by atoms with E-state index in [1.54, 1.807) is 4.90 Å². The lowest BCUT2D eigenvalue weighted by Gasteiger charge is -2.19. The van der Waals surface area contributed by atoms with Crippen molar-refractivity contribution in [1.29, 1.82) is 0 Å². The maximum absolute atomic E-state index is 11.2. The summed E-state index contributed by atoms with van der Waals surface area (Å²) in [5, 5.41) is 28.8. The van der Waals surface area contributed by atoms with Gasteiger partial charge in [0.25, 0.3) is 5.69 Å². The largest absolute Gasteiger partial charge is 0.478 e. The molecule has 108 valence electrons. The van der Waals surface area contributed by atoms with Crippen LogP contribution in [0.4, 0.5) is 11.5 Å². The van der Waals surface area contributed by atoms with E-state index in [1.165, 1.54) is 0 Å². The van der Waals surface area contributed by atoms with Crippen molar-refractivity contribution in [2.75, 3.05) is 24.6 Å². The van der Waals surface area contributed by atoms with Crippen molar-refractivity contribution in [2.24, 2.45) is 5.92 Å². The van der Waals surface area contributed by atoms with Crippen LogP contribution in [0.5, 0.6) is 0 Å². The first-order valence-corrected chi connectivity index (χ1v) is 6.26. The second kappa shape index (κ2) is 5.83. The Kier molecular flexibility index (Phi) is 4.14. The SMILES string of the molecule is O=C(O)c1cc([N+](=O)[O-])cnc1N1CCC(CCO)C1. The third kappa shape index (κ3) is 2.85. The zero-order valence-electron chi connectivity index (χ0n) is 10.7. The van der Waals surface area contributed by atoms with Crippen molar-refractivity contribution in [1.82, 2.24) is 4.98 Å². The van der Waals surface area contributed by atoms with Crippen LogP contribution in [0.1, 0.15) is 23.2 Å². The third-order valence-corrected chi connectivity index (χ3v) is 3.42. The van der Waals surface area contributed by atoms with E-state index < -0.39 is 10.9 Å². The van der Waals surface area contributed by atoms with E-state index in [0.717, 1.165) is 18.7 Å². The number of aliphatic hydroxyl groups excluding tert-OH is 1. The van der Waals surface area contributed by atoms with Crippen molar-refractivity contribution < 1.29 is 19.9 Å². The molecule has 0 amide bonds. The van der Waals surface area contributed by atoms with Gasteiger partial charge in [0.1, 0.15) is 17.6 Å². The number of anilines is 1. The number of rotatable bonds is 5. The van der Waals surface area contributed by atoms with Gasteiger partial charge in [-0.25, -0.2) is 9.78 Å². The minimum absolute atomic E-state index is 0.0952. The van der Waals surface area contributed by atoms with Gasteiger partial charge in [0.2, 0.25) is 0 Å². The van der Waals surface area contributed by atoms with Crippen LogP contribution in [-0.2, 0) is 0 Å². The molecule has 0 saturated carbocycles. The topological polar surface area (TPSA) is 117 Å². The first-order chi connectivity index (χ1) is 9.52. The molecule has 0 spiro atoms. The third-order valence-electron chi connectivity index (χ3n) is 3.42. The summed E-state index contributed by atoms with van der Waals surface area (Å²) in [7, 11) is 0. The Bertz CT molecular complexity index is 534. The number of carboxylic acids is 1. The fourth-order valence-electron chi connectivity index (χ4n) is 2.40. The summed E-state index contributed by atoms with van der Waals surface area (Å²) >= 11 is 0. The number of nitrogens with zero attached hydrogens (tertiary/aromatic N) is 3. The van der Waals surface area contributed by atoms with Gasteiger partial charge >= 0.3 is 5.97 Å². The number of nitro groups is 1. The zero-order valence-corrected chi connectivity index (χ0v) is 10.7. The Morgan fingerprint density at radius 2 is 2.35 bits per heavy atom. The second-order valence-corrected chi connectivity index (χ2v) is 4.74. The summed E-state index contributed by atoms with van der Waals surface area (Å²) in [4.78, 5) is 27.0. The first kappa shape index (κ1) is 14.2. The van der Waals surface area contributed by atoms with Crippen molar-refractivity contribution in [3.63, 3.8) is 0 Å². The van der Waals surface area contributed by atoms with Gasteiger partial charge in [-0.3, -0.25) is 10.1 Å². The molecule has 0 bridgehead atoms. The van der Waals surface area contributed by atoms with E-state index in [2.05, 4.69) is 4.98 Å². The van der Waals surface area contributed by atoms with Crippen LogP contribution in [0.2, 0.25) is 0 Å². The number of carboxylic acid groups (broad SMARTS) is 1. The smallest absolute Gasteiger partial charge is 0.339 e. The standard InChI is InChI=1S/C12H15N3O5/c16-4-2-8-1-3-14(7-8)11-10(12(17)18)5-9(6-13-11)15(19)20/h5-6,8,16H,1-4,7H2,(H,17,18). The van der Waals surface area contributed by atoms with E-state index in [9.17, 15) is 20.0 Å². The Hall–Kier alpha value is -2.22. The second-order valence-electron chi connectivity index (χ2n) is 4.74. The fraction of sp³-hybridized carbons (Fsp3) is 0.500. The van der Waals surface area contributed by atoms with Crippen LogP contribution in [-0.4, -0.2) is 45.8 Å².